The summed E-state index contributed by atoms with van der Waals surface area (Å²) in [6.45, 7) is 2.35. The molecule has 0 saturated carbocycles. The van der Waals surface area contributed by atoms with E-state index < -0.39 is 49.1 Å². The summed E-state index contributed by atoms with van der Waals surface area (Å²) in [7, 11) is 0. The largest absolute Gasteiger partial charge is 0.481 e. The van der Waals surface area contributed by atoms with E-state index in [0.717, 1.165) is 4.90 Å². The lowest BCUT2D eigenvalue weighted by Crippen LogP contribution is -2.45. The number of aliphatic carboxylic acids is 1. The summed E-state index contributed by atoms with van der Waals surface area (Å²) >= 11 is 0. The van der Waals surface area contributed by atoms with Crippen LogP contribution in [0.25, 0.3) is 0 Å². The first-order valence-electron chi connectivity index (χ1n) is 6.39. The van der Waals surface area contributed by atoms with Gasteiger partial charge in [0.05, 0.1) is 17.9 Å². The number of terminal acetylenes is 1. The summed E-state index contributed by atoms with van der Waals surface area (Å²) in [5.41, 5.74) is 0. The summed E-state index contributed by atoms with van der Waals surface area (Å²) in [6, 6.07) is -1.39. The predicted octanol–water partition coefficient (Wildman–Crippen LogP) is 1.55. The number of hydrogen-bond acceptors (Lipinski definition) is 2. The van der Waals surface area contributed by atoms with Crippen LogP contribution in [0.3, 0.4) is 0 Å². The van der Waals surface area contributed by atoms with Crippen molar-refractivity contribution in [3.05, 3.63) is 0 Å². The van der Waals surface area contributed by atoms with E-state index in [1.54, 1.807) is 13.8 Å². The first-order chi connectivity index (χ1) is 9.57. The number of urea groups is 1. The van der Waals surface area contributed by atoms with Crippen molar-refractivity contribution >= 4 is 12.0 Å². The van der Waals surface area contributed by atoms with Crippen molar-refractivity contribution in [2.75, 3.05) is 13.1 Å². The molecule has 5 nitrogen and oxygen atoms in total. The van der Waals surface area contributed by atoms with Crippen LogP contribution in [0.1, 0.15) is 13.8 Å². The highest BCUT2D eigenvalue weighted by Crippen LogP contribution is 2.37. The molecule has 1 rings (SSSR count). The molecule has 0 aromatic carbocycles. The second-order valence-corrected chi connectivity index (χ2v) is 5.34. The average Bonchev–Trinajstić information content (AvgIpc) is 2.80. The zero-order chi connectivity index (χ0) is 16.4. The summed E-state index contributed by atoms with van der Waals surface area (Å²) in [6.07, 6.45) is 0.570. The highest BCUT2D eigenvalue weighted by atomic mass is 19.4. The molecular weight excluding hydrogens is 289 g/mol. The van der Waals surface area contributed by atoms with E-state index in [0.29, 0.717) is 0 Å². The number of rotatable bonds is 3. The van der Waals surface area contributed by atoms with Gasteiger partial charge in [-0.25, -0.2) is 4.79 Å². The summed E-state index contributed by atoms with van der Waals surface area (Å²) in [5.74, 6) is -3.04. The predicted molar refractivity (Wildman–Crippen MR) is 68.2 cm³/mol. The molecule has 1 unspecified atom stereocenters. The zero-order valence-corrected chi connectivity index (χ0v) is 11.6. The van der Waals surface area contributed by atoms with Gasteiger partial charge in [0.1, 0.15) is 0 Å². The summed E-state index contributed by atoms with van der Waals surface area (Å²) in [5, 5.41) is 11.3. The number of amides is 2. The van der Waals surface area contributed by atoms with Crippen molar-refractivity contribution in [3.8, 4) is 12.3 Å². The van der Waals surface area contributed by atoms with Gasteiger partial charge in [0.2, 0.25) is 0 Å². The van der Waals surface area contributed by atoms with Gasteiger partial charge < -0.3 is 15.3 Å². The van der Waals surface area contributed by atoms with Gasteiger partial charge >= 0.3 is 18.2 Å². The SMILES string of the molecule is C#CC(NC(=O)N1C[C@@H](C(F)(F)F)[C@H](C(=O)O)C1)C(C)C. The Bertz CT molecular complexity index is 457. The number of likely N-dealkylation sites (tertiary alicyclic amines) is 1. The van der Waals surface area contributed by atoms with Crippen LogP contribution in [0, 0.1) is 30.1 Å². The maximum Gasteiger partial charge on any atom is 0.394 e. The Kier molecular flexibility index (Phi) is 5.10. The first-order valence-corrected chi connectivity index (χ1v) is 6.39. The van der Waals surface area contributed by atoms with Crippen molar-refractivity contribution in [2.24, 2.45) is 17.8 Å². The molecule has 8 heteroatoms. The molecule has 2 N–H and O–H groups in total. The van der Waals surface area contributed by atoms with E-state index in [1.807, 2.05) is 0 Å². The smallest absolute Gasteiger partial charge is 0.394 e. The fourth-order valence-electron chi connectivity index (χ4n) is 2.18. The molecule has 0 radical (unpaired) electrons. The third kappa shape index (κ3) is 4.03. The topological polar surface area (TPSA) is 69.6 Å². The number of carboxylic acid groups (broad SMARTS) is 1. The lowest BCUT2D eigenvalue weighted by atomic mass is 9.96. The minimum atomic E-state index is -4.67. The van der Waals surface area contributed by atoms with Crippen LogP contribution in [0.2, 0.25) is 0 Å². The van der Waals surface area contributed by atoms with E-state index in [1.165, 1.54) is 0 Å². The summed E-state index contributed by atoms with van der Waals surface area (Å²) < 4.78 is 38.4. The molecule has 118 valence electrons. The molecule has 0 aliphatic carbocycles. The van der Waals surface area contributed by atoms with Gasteiger partial charge in [-0.15, -0.1) is 6.42 Å². The number of nitrogens with one attached hydrogen (secondary N) is 1. The normalized spacial score (nSPS) is 23.8. The van der Waals surface area contributed by atoms with E-state index in [4.69, 9.17) is 11.5 Å². The van der Waals surface area contributed by atoms with Crippen LogP contribution in [-0.4, -0.2) is 47.3 Å². The van der Waals surface area contributed by atoms with Gasteiger partial charge in [-0.1, -0.05) is 19.8 Å². The van der Waals surface area contributed by atoms with Gasteiger partial charge in [-0.05, 0) is 5.92 Å². The highest BCUT2D eigenvalue weighted by molar-refractivity contribution is 5.78. The van der Waals surface area contributed by atoms with Crippen LogP contribution < -0.4 is 5.32 Å². The van der Waals surface area contributed by atoms with Crippen LogP contribution in [0.4, 0.5) is 18.0 Å². The van der Waals surface area contributed by atoms with Gasteiger partial charge in [0, 0.05) is 13.1 Å². The number of halogens is 3. The van der Waals surface area contributed by atoms with Crippen LogP contribution in [0.5, 0.6) is 0 Å². The highest BCUT2D eigenvalue weighted by Gasteiger charge is 2.53. The Balaban J connectivity index is 2.81. The molecule has 0 aromatic heterocycles. The molecule has 1 fully saturated rings. The Labute approximate surface area is 120 Å². The van der Waals surface area contributed by atoms with Crippen LogP contribution in [-0.2, 0) is 4.79 Å². The Morgan fingerprint density at radius 2 is 1.95 bits per heavy atom. The fourth-order valence-corrected chi connectivity index (χ4v) is 2.18. The second-order valence-electron chi connectivity index (χ2n) is 5.34. The van der Waals surface area contributed by atoms with Gasteiger partial charge in [-0.2, -0.15) is 13.2 Å². The second kappa shape index (κ2) is 6.24. The molecule has 1 saturated heterocycles. The molecule has 0 spiro atoms. The molecule has 0 bridgehead atoms. The van der Waals surface area contributed by atoms with Crippen molar-refractivity contribution in [3.63, 3.8) is 0 Å². The third-order valence-corrected chi connectivity index (χ3v) is 3.47. The minimum Gasteiger partial charge on any atom is -0.481 e. The van der Waals surface area contributed by atoms with E-state index >= 15 is 0 Å². The number of hydrogen-bond donors (Lipinski definition) is 2. The molecular formula is C13H17F3N2O3. The van der Waals surface area contributed by atoms with Gasteiger partial charge in [-0.3, -0.25) is 4.79 Å². The number of carbonyl (C=O) groups is 2. The van der Waals surface area contributed by atoms with Gasteiger partial charge in [0.15, 0.2) is 0 Å². The number of alkyl halides is 3. The number of carboxylic acids is 1. The maximum absolute atomic E-state index is 12.8. The number of nitrogens with zero attached hydrogens (tertiary/aromatic N) is 1. The molecule has 1 aliphatic heterocycles. The van der Waals surface area contributed by atoms with Crippen LogP contribution >= 0.6 is 0 Å². The third-order valence-electron chi connectivity index (χ3n) is 3.47. The van der Waals surface area contributed by atoms with E-state index in [2.05, 4.69) is 11.2 Å². The van der Waals surface area contributed by atoms with Crippen LogP contribution in [0.15, 0.2) is 0 Å². The number of carbonyl (C=O) groups excluding carboxylic acids is 1. The van der Waals surface area contributed by atoms with Crippen molar-refractivity contribution in [1.29, 1.82) is 0 Å². The lowest BCUT2D eigenvalue weighted by Gasteiger charge is -2.22. The minimum absolute atomic E-state index is 0.0877. The molecule has 1 aliphatic rings. The first kappa shape index (κ1) is 17.1. The monoisotopic (exact) mass is 306 g/mol. The molecule has 0 aromatic rings. The van der Waals surface area contributed by atoms with Crippen molar-refractivity contribution in [1.82, 2.24) is 10.2 Å². The van der Waals surface area contributed by atoms with E-state index in [9.17, 15) is 22.8 Å². The summed E-state index contributed by atoms with van der Waals surface area (Å²) in [4.78, 5) is 23.7. The van der Waals surface area contributed by atoms with Crippen molar-refractivity contribution < 1.29 is 27.9 Å². The Morgan fingerprint density at radius 1 is 1.38 bits per heavy atom. The zero-order valence-electron chi connectivity index (χ0n) is 11.6. The van der Waals surface area contributed by atoms with Crippen molar-refractivity contribution in [2.45, 2.75) is 26.1 Å². The standard InChI is InChI=1S/C13H17F3N2O3/c1-4-10(7(2)3)17-12(21)18-5-8(11(19)20)9(6-18)13(14,15)16/h1,7-10H,5-6H2,2-3H3,(H,17,21)(H,19,20)/t8-,9-,10?/m1/s1. The molecule has 3 atom stereocenters. The van der Waals surface area contributed by atoms with Gasteiger partial charge in [0.25, 0.3) is 0 Å². The molecule has 2 amide bonds. The average molecular weight is 306 g/mol. The Hall–Kier alpha value is -1.91. The lowest BCUT2D eigenvalue weighted by molar-refractivity contribution is -0.187. The molecule has 1 heterocycles. The molecule has 21 heavy (non-hydrogen) atoms. The van der Waals surface area contributed by atoms with E-state index in [-0.39, 0.29) is 5.92 Å². The fraction of sp³-hybridized carbons (Fsp3) is 0.692. The maximum atomic E-state index is 12.8. The quantitative estimate of drug-likeness (QED) is 0.777. The Morgan fingerprint density at radius 3 is 2.29 bits per heavy atom.